The number of tetrazole rings is 1. The highest BCUT2D eigenvalue weighted by molar-refractivity contribution is 7.99. The average Bonchev–Trinajstić information content (AvgIpc) is 3.26. The molecule has 0 radical (unpaired) electrons. The molecule has 1 unspecified atom stereocenters. The first-order chi connectivity index (χ1) is 10.3. The Hall–Kier alpha value is -1.40. The molecule has 5 nitrogen and oxygen atoms in total. The van der Waals surface area contributed by atoms with Gasteiger partial charge in [0.2, 0.25) is 5.16 Å². The van der Waals surface area contributed by atoms with Crippen molar-refractivity contribution < 1.29 is 0 Å². The monoisotopic (exact) mass is 303 g/mol. The van der Waals surface area contributed by atoms with Crippen LogP contribution >= 0.6 is 11.8 Å². The lowest BCUT2D eigenvalue weighted by molar-refractivity contribution is 0.537. The highest BCUT2D eigenvalue weighted by Gasteiger charge is 2.28. The highest BCUT2D eigenvalue weighted by atomic mass is 32.2. The lowest BCUT2D eigenvalue weighted by Crippen LogP contribution is -2.19. The molecule has 2 aromatic rings. The largest absolute Gasteiger partial charge is 0.310 e. The van der Waals surface area contributed by atoms with Crippen LogP contribution in [0.25, 0.3) is 0 Å². The van der Waals surface area contributed by atoms with E-state index in [0.29, 0.717) is 12.1 Å². The molecule has 1 saturated carbocycles. The molecular formula is C15H21N5S. The van der Waals surface area contributed by atoms with E-state index in [2.05, 4.69) is 59.0 Å². The van der Waals surface area contributed by atoms with Crippen LogP contribution in [0.4, 0.5) is 0 Å². The summed E-state index contributed by atoms with van der Waals surface area (Å²) in [6.07, 6.45) is 3.48. The molecule has 1 aromatic heterocycles. The predicted octanol–water partition coefficient (Wildman–Crippen LogP) is 3.22. The van der Waals surface area contributed by atoms with Gasteiger partial charge in [-0.15, -0.1) is 5.10 Å². The van der Waals surface area contributed by atoms with Crippen molar-refractivity contribution in [2.45, 2.75) is 55.2 Å². The number of rotatable bonds is 7. The van der Waals surface area contributed by atoms with Gasteiger partial charge in [-0.1, -0.05) is 26.0 Å². The molecule has 1 fully saturated rings. The Morgan fingerprint density at radius 2 is 2.05 bits per heavy atom. The maximum Gasteiger partial charge on any atom is 0.214 e. The Labute approximate surface area is 129 Å². The Bertz CT molecular complexity index is 576. The van der Waals surface area contributed by atoms with E-state index in [1.165, 1.54) is 23.3 Å². The molecule has 6 heteroatoms. The summed E-state index contributed by atoms with van der Waals surface area (Å²) in [6, 6.07) is 9.66. The Kier molecular flexibility index (Phi) is 4.55. The third-order valence-corrected chi connectivity index (χ3v) is 4.66. The van der Waals surface area contributed by atoms with Crippen molar-refractivity contribution in [1.29, 1.82) is 0 Å². The Morgan fingerprint density at radius 1 is 1.29 bits per heavy atom. The maximum atomic E-state index is 4.13. The number of benzene rings is 1. The molecule has 1 aliphatic carbocycles. The molecule has 0 saturated heterocycles. The molecular weight excluding hydrogens is 282 g/mol. The summed E-state index contributed by atoms with van der Waals surface area (Å²) in [5, 5.41) is 16.4. The van der Waals surface area contributed by atoms with E-state index in [1.807, 2.05) is 4.68 Å². The lowest BCUT2D eigenvalue weighted by Gasteiger charge is -2.16. The van der Waals surface area contributed by atoms with Crippen LogP contribution in [-0.4, -0.2) is 26.8 Å². The van der Waals surface area contributed by atoms with Crippen molar-refractivity contribution in [3.63, 3.8) is 0 Å². The van der Waals surface area contributed by atoms with Gasteiger partial charge in [0.1, 0.15) is 0 Å². The lowest BCUT2D eigenvalue weighted by atomic mass is 10.1. The van der Waals surface area contributed by atoms with Crippen molar-refractivity contribution in [3.05, 3.63) is 29.8 Å². The van der Waals surface area contributed by atoms with E-state index >= 15 is 0 Å². The van der Waals surface area contributed by atoms with Gasteiger partial charge in [0.05, 0.1) is 6.04 Å². The van der Waals surface area contributed by atoms with Crippen LogP contribution in [0, 0.1) is 0 Å². The van der Waals surface area contributed by atoms with E-state index in [1.54, 1.807) is 11.8 Å². The zero-order chi connectivity index (χ0) is 14.7. The molecule has 3 rings (SSSR count). The van der Waals surface area contributed by atoms with Crippen molar-refractivity contribution in [2.24, 2.45) is 0 Å². The minimum atomic E-state index is 0.436. The topological polar surface area (TPSA) is 55.6 Å². The van der Waals surface area contributed by atoms with E-state index in [-0.39, 0.29) is 0 Å². The fourth-order valence-corrected chi connectivity index (χ4v) is 3.26. The normalized spacial score (nSPS) is 16.1. The quantitative estimate of drug-likeness (QED) is 0.851. The van der Waals surface area contributed by atoms with E-state index in [0.717, 1.165) is 18.1 Å². The molecule has 1 aliphatic rings. The SMILES string of the molecule is CCNC(CC)c1ccc(Sc2nnnn2C2CC2)cc1. The summed E-state index contributed by atoms with van der Waals surface area (Å²) in [7, 11) is 0. The van der Waals surface area contributed by atoms with Crippen LogP contribution in [0.3, 0.4) is 0 Å². The van der Waals surface area contributed by atoms with Crippen molar-refractivity contribution in [3.8, 4) is 0 Å². The average molecular weight is 303 g/mol. The highest BCUT2D eigenvalue weighted by Crippen LogP contribution is 2.38. The molecule has 1 aromatic carbocycles. The van der Waals surface area contributed by atoms with E-state index < -0.39 is 0 Å². The van der Waals surface area contributed by atoms with Gasteiger partial charge >= 0.3 is 0 Å². The van der Waals surface area contributed by atoms with Gasteiger partial charge in [0.25, 0.3) is 0 Å². The molecule has 1 atom stereocenters. The summed E-state index contributed by atoms with van der Waals surface area (Å²) < 4.78 is 1.95. The van der Waals surface area contributed by atoms with E-state index in [4.69, 9.17) is 0 Å². The summed E-state index contributed by atoms with van der Waals surface area (Å²) >= 11 is 1.64. The van der Waals surface area contributed by atoms with Crippen molar-refractivity contribution in [1.82, 2.24) is 25.5 Å². The first-order valence-electron chi connectivity index (χ1n) is 7.60. The van der Waals surface area contributed by atoms with Gasteiger partial charge in [-0.05, 0) is 65.7 Å². The molecule has 0 amide bonds. The van der Waals surface area contributed by atoms with Crippen LogP contribution in [0.2, 0.25) is 0 Å². The van der Waals surface area contributed by atoms with Crippen molar-refractivity contribution >= 4 is 11.8 Å². The minimum absolute atomic E-state index is 0.436. The Morgan fingerprint density at radius 3 is 2.67 bits per heavy atom. The number of hydrogen-bond donors (Lipinski definition) is 1. The number of nitrogens with one attached hydrogen (secondary N) is 1. The second-order valence-electron chi connectivity index (χ2n) is 5.33. The minimum Gasteiger partial charge on any atom is -0.310 e. The molecule has 0 aliphatic heterocycles. The summed E-state index contributed by atoms with van der Waals surface area (Å²) in [4.78, 5) is 1.18. The predicted molar refractivity (Wildman–Crippen MR) is 83.4 cm³/mol. The standard InChI is InChI=1S/C15H21N5S/c1-3-14(16-4-2)11-5-9-13(10-6-11)21-15-17-18-19-20(15)12-7-8-12/h5-6,9-10,12,14,16H,3-4,7-8H2,1-2H3. The summed E-state index contributed by atoms with van der Waals surface area (Å²) in [5.74, 6) is 0. The van der Waals surface area contributed by atoms with Gasteiger partial charge in [-0.2, -0.15) is 0 Å². The molecule has 21 heavy (non-hydrogen) atoms. The van der Waals surface area contributed by atoms with Gasteiger partial charge in [-0.25, -0.2) is 4.68 Å². The number of aromatic nitrogens is 4. The van der Waals surface area contributed by atoms with Gasteiger partial charge in [0.15, 0.2) is 0 Å². The summed E-state index contributed by atoms with van der Waals surface area (Å²) in [5.41, 5.74) is 1.34. The zero-order valence-corrected chi connectivity index (χ0v) is 13.3. The third-order valence-electron chi connectivity index (χ3n) is 3.71. The van der Waals surface area contributed by atoms with Gasteiger partial charge in [0, 0.05) is 10.9 Å². The molecule has 1 heterocycles. The van der Waals surface area contributed by atoms with Crippen LogP contribution in [-0.2, 0) is 0 Å². The second kappa shape index (κ2) is 6.58. The maximum absolute atomic E-state index is 4.13. The second-order valence-corrected chi connectivity index (χ2v) is 6.37. The smallest absolute Gasteiger partial charge is 0.214 e. The fourth-order valence-electron chi connectivity index (χ4n) is 2.42. The van der Waals surface area contributed by atoms with Crippen LogP contribution < -0.4 is 5.32 Å². The van der Waals surface area contributed by atoms with Crippen LogP contribution in [0.5, 0.6) is 0 Å². The van der Waals surface area contributed by atoms with Gasteiger partial charge < -0.3 is 5.32 Å². The molecule has 0 bridgehead atoms. The van der Waals surface area contributed by atoms with Crippen LogP contribution in [0.15, 0.2) is 34.3 Å². The van der Waals surface area contributed by atoms with Crippen LogP contribution in [0.1, 0.15) is 50.8 Å². The first-order valence-corrected chi connectivity index (χ1v) is 8.42. The van der Waals surface area contributed by atoms with E-state index in [9.17, 15) is 0 Å². The fraction of sp³-hybridized carbons (Fsp3) is 0.533. The summed E-state index contributed by atoms with van der Waals surface area (Å²) in [6.45, 7) is 5.34. The first kappa shape index (κ1) is 14.5. The third kappa shape index (κ3) is 3.44. The molecule has 1 N–H and O–H groups in total. The van der Waals surface area contributed by atoms with Crippen molar-refractivity contribution in [2.75, 3.05) is 6.54 Å². The van der Waals surface area contributed by atoms with Gasteiger partial charge in [-0.3, -0.25) is 0 Å². The molecule has 112 valence electrons. The number of nitrogens with zero attached hydrogens (tertiary/aromatic N) is 4. The zero-order valence-electron chi connectivity index (χ0n) is 12.5. The molecule has 0 spiro atoms. The number of hydrogen-bond acceptors (Lipinski definition) is 5. The Balaban J connectivity index is 1.70.